The van der Waals surface area contributed by atoms with Gasteiger partial charge in [0.1, 0.15) is 0 Å². The molecule has 1 aromatic carbocycles. The topological polar surface area (TPSA) is 152 Å². The van der Waals surface area contributed by atoms with Crippen molar-refractivity contribution in [2.45, 2.75) is 33.6 Å². The number of aliphatic carboxylic acids is 1. The normalized spacial score (nSPS) is 10.6. The van der Waals surface area contributed by atoms with Crippen molar-refractivity contribution in [3.05, 3.63) is 41.4 Å². The predicted octanol–water partition coefficient (Wildman–Crippen LogP) is 3.67. The number of hydrogen-bond acceptors (Lipinski definition) is 10. The van der Waals surface area contributed by atoms with E-state index in [9.17, 15) is 36.3 Å². The van der Waals surface area contributed by atoms with E-state index in [1.807, 2.05) is 0 Å². The molecule has 0 saturated carbocycles. The number of isothiocyanates is 1. The number of hydroxylamine groups is 2. The lowest BCUT2D eigenvalue weighted by molar-refractivity contribution is -0.184. The van der Waals surface area contributed by atoms with Gasteiger partial charge in [-0.05, 0) is 18.6 Å². The van der Waals surface area contributed by atoms with Gasteiger partial charge in [-0.1, -0.05) is 6.58 Å². The van der Waals surface area contributed by atoms with Crippen LogP contribution in [0.2, 0.25) is 0 Å². The number of hydrogen-bond donors (Lipinski definition) is 1. The van der Waals surface area contributed by atoms with Crippen LogP contribution >= 0.6 is 12.2 Å². The molecule has 1 N–H and O–H groups in total. The maximum Gasteiger partial charge on any atom is 0.330 e. The van der Waals surface area contributed by atoms with Crippen LogP contribution in [0.15, 0.2) is 22.3 Å². The SMILES string of the molecule is C=C1CCC(=O)N1OC(C)=O.CC(=O)O.CC(=O)Oc1c(F)c(F)c(F)c(F)c1F.CN=C=O.CN=C=S. The first-order chi connectivity index (χ1) is 17.5. The number of benzene rings is 1. The molecule has 0 spiro atoms. The van der Waals surface area contributed by atoms with Crippen molar-refractivity contribution >= 4 is 47.3 Å². The van der Waals surface area contributed by atoms with Gasteiger partial charge in [-0.25, -0.2) is 32.7 Å². The van der Waals surface area contributed by atoms with Gasteiger partial charge in [0.05, 0.1) is 10.9 Å². The fourth-order valence-electron chi connectivity index (χ4n) is 1.69. The minimum absolute atomic E-state index is 0.204. The summed E-state index contributed by atoms with van der Waals surface area (Å²) in [6.45, 7) is 6.66. The number of carbonyl (C=O) groups excluding carboxylic acids is 4. The van der Waals surface area contributed by atoms with Crippen LogP contribution in [-0.2, 0) is 28.8 Å². The summed E-state index contributed by atoms with van der Waals surface area (Å²) in [6, 6.07) is 0. The number of aliphatic imine (C=N–C) groups is 2. The van der Waals surface area contributed by atoms with Crippen LogP contribution in [0, 0.1) is 29.1 Å². The number of esters is 1. The highest BCUT2D eigenvalue weighted by Crippen LogP contribution is 2.29. The first kappa shape index (κ1) is 38.2. The number of halogens is 5. The average Bonchev–Trinajstić information content (AvgIpc) is 3.16. The van der Waals surface area contributed by atoms with Crippen molar-refractivity contribution in [2.75, 3.05) is 14.1 Å². The summed E-state index contributed by atoms with van der Waals surface area (Å²) in [7, 11) is 2.97. The second kappa shape index (κ2) is 20.8. The highest BCUT2D eigenvalue weighted by Gasteiger charge is 2.28. The third-order valence-electron chi connectivity index (χ3n) is 2.96. The fraction of sp³-hybridized carbons (Fsp3) is 0.333. The van der Waals surface area contributed by atoms with Crippen LogP contribution < -0.4 is 4.74 Å². The zero-order valence-electron chi connectivity index (χ0n) is 20.6. The van der Waals surface area contributed by atoms with E-state index in [0.717, 1.165) is 18.9 Å². The molecule has 0 bridgehead atoms. The molecule has 0 aliphatic carbocycles. The minimum Gasteiger partial charge on any atom is -0.481 e. The Morgan fingerprint density at radius 3 is 1.53 bits per heavy atom. The zero-order valence-corrected chi connectivity index (χ0v) is 21.4. The molecule has 1 aliphatic heterocycles. The Balaban J connectivity index is -0.000000464. The van der Waals surface area contributed by atoms with Gasteiger partial charge in [-0.15, -0.1) is 5.06 Å². The van der Waals surface area contributed by atoms with Gasteiger partial charge in [0, 0.05) is 41.3 Å². The molecule has 0 aromatic heterocycles. The van der Waals surface area contributed by atoms with Crippen molar-refractivity contribution in [2.24, 2.45) is 9.98 Å². The van der Waals surface area contributed by atoms with Crippen molar-refractivity contribution in [3.8, 4) is 5.75 Å². The van der Waals surface area contributed by atoms with Gasteiger partial charge in [-0.2, -0.15) is 8.78 Å². The molecule has 1 aliphatic rings. The molecule has 17 heteroatoms. The third-order valence-corrected chi connectivity index (χ3v) is 3.14. The number of nitrogens with zero attached hydrogens (tertiary/aromatic N) is 3. The second-order valence-electron chi connectivity index (χ2n) is 5.98. The van der Waals surface area contributed by atoms with Crippen LogP contribution in [-0.4, -0.2) is 59.3 Å². The summed E-state index contributed by atoms with van der Waals surface area (Å²) in [5.74, 6) is -15.3. The monoisotopic (exact) mass is 571 g/mol. The van der Waals surface area contributed by atoms with Crippen LogP contribution in [0.1, 0.15) is 33.6 Å². The molecule has 210 valence electrons. The molecule has 1 aromatic rings. The van der Waals surface area contributed by atoms with Crippen molar-refractivity contribution in [1.82, 2.24) is 5.06 Å². The van der Waals surface area contributed by atoms with Gasteiger partial charge in [-0.3, -0.25) is 14.4 Å². The largest absolute Gasteiger partial charge is 0.481 e. The Morgan fingerprint density at radius 1 is 0.921 bits per heavy atom. The molecule has 11 nitrogen and oxygen atoms in total. The Kier molecular flexibility index (Phi) is 20.9. The molecule has 0 unspecified atom stereocenters. The molecule has 1 amide bonds. The van der Waals surface area contributed by atoms with E-state index in [2.05, 4.69) is 43.5 Å². The van der Waals surface area contributed by atoms with E-state index in [4.69, 9.17) is 14.7 Å². The Morgan fingerprint density at radius 2 is 1.29 bits per heavy atom. The maximum atomic E-state index is 12.8. The van der Waals surface area contributed by atoms with Crippen LogP contribution in [0.25, 0.3) is 0 Å². The van der Waals surface area contributed by atoms with Gasteiger partial charge in [0.25, 0.3) is 11.9 Å². The van der Waals surface area contributed by atoms with Crippen LogP contribution in [0.4, 0.5) is 22.0 Å². The lowest BCUT2D eigenvalue weighted by Crippen LogP contribution is -2.25. The maximum absolute atomic E-state index is 12.8. The number of carbonyl (C=O) groups is 4. The average molecular weight is 571 g/mol. The molecule has 38 heavy (non-hydrogen) atoms. The van der Waals surface area contributed by atoms with E-state index in [-0.39, 0.29) is 5.91 Å². The Labute approximate surface area is 218 Å². The zero-order chi connectivity index (χ0) is 30.6. The number of carboxylic acids is 1. The van der Waals surface area contributed by atoms with Crippen molar-refractivity contribution in [3.63, 3.8) is 0 Å². The first-order valence-electron chi connectivity index (χ1n) is 9.54. The van der Waals surface area contributed by atoms with Crippen LogP contribution in [0.5, 0.6) is 5.75 Å². The minimum atomic E-state index is -2.30. The van der Waals surface area contributed by atoms with Gasteiger partial charge in [0.15, 0.2) is 0 Å². The first-order valence-corrected chi connectivity index (χ1v) is 9.95. The lowest BCUT2D eigenvalue weighted by atomic mass is 10.2. The third kappa shape index (κ3) is 16.4. The van der Waals surface area contributed by atoms with Crippen molar-refractivity contribution in [1.29, 1.82) is 0 Å². The highest BCUT2D eigenvalue weighted by molar-refractivity contribution is 7.78. The van der Waals surface area contributed by atoms with E-state index in [0.29, 0.717) is 18.5 Å². The number of thiocarbonyl (C=S) groups is 1. The summed E-state index contributed by atoms with van der Waals surface area (Å²) in [4.78, 5) is 60.4. The van der Waals surface area contributed by atoms with Crippen molar-refractivity contribution < 1.29 is 60.6 Å². The van der Waals surface area contributed by atoms with Gasteiger partial charge in [0.2, 0.25) is 40.9 Å². The highest BCUT2D eigenvalue weighted by atomic mass is 32.1. The number of rotatable bonds is 2. The summed E-state index contributed by atoms with van der Waals surface area (Å²) in [5, 5.41) is 10.5. The van der Waals surface area contributed by atoms with Gasteiger partial charge >= 0.3 is 11.9 Å². The quantitative estimate of drug-likeness (QED) is 0.0819. The summed E-state index contributed by atoms with van der Waals surface area (Å²) < 4.78 is 66.9. The lowest BCUT2D eigenvalue weighted by Gasteiger charge is -2.13. The van der Waals surface area contributed by atoms with E-state index < -0.39 is 52.7 Å². The second-order valence-corrected chi connectivity index (χ2v) is 6.16. The van der Waals surface area contributed by atoms with Crippen LogP contribution in [0.3, 0.4) is 0 Å². The Bertz CT molecular complexity index is 1060. The number of amides is 1. The molecule has 0 radical (unpaired) electrons. The number of carboxylic acid groups (broad SMARTS) is 1. The number of ether oxygens (including phenoxy) is 1. The Hall–Kier alpha value is -4.33. The molecule has 1 heterocycles. The molecule has 1 fully saturated rings. The summed E-state index contributed by atoms with van der Waals surface area (Å²) in [6.07, 6.45) is 2.26. The molecular weight excluding hydrogens is 549 g/mol. The molecular formula is C21H22F5N3O8S. The molecule has 0 atom stereocenters. The summed E-state index contributed by atoms with van der Waals surface area (Å²) in [5.41, 5.74) is 0.546. The van der Waals surface area contributed by atoms with E-state index in [1.54, 1.807) is 7.05 Å². The molecule has 1 saturated heterocycles. The standard InChI is InChI=1S/C8H3F5O2.C7H9NO3.C2H3NO.C2H3NS.C2H4O2/c1-2(14)15-8-6(12)4(10)3(9)5(11)7(8)13;1-5-3-4-7(10)8(5)11-6(2)9;2*1-3-2-4;1-2(3)4/h1H3;1,3-4H2,2H3;2*1H3;1H3,(H,3,4). The fourth-order valence-corrected chi connectivity index (χ4v) is 1.69. The van der Waals surface area contributed by atoms with E-state index in [1.165, 1.54) is 20.1 Å². The number of allylic oxidation sites excluding steroid dienone is 1. The molecule has 2 rings (SSSR count). The smallest absolute Gasteiger partial charge is 0.330 e. The number of isocyanates is 1. The predicted molar refractivity (Wildman–Crippen MR) is 123 cm³/mol. The van der Waals surface area contributed by atoms with E-state index >= 15 is 0 Å². The summed E-state index contributed by atoms with van der Waals surface area (Å²) >= 11 is 4.14. The van der Waals surface area contributed by atoms with Gasteiger partial charge < -0.3 is 14.7 Å².